The van der Waals surface area contributed by atoms with Gasteiger partial charge in [-0.1, -0.05) is 66.7 Å². The molecule has 6 heteroatoms. The predicted molar refractivity (Wildman–Crippen MR) is 118 cm³/mol. The number of hydrogen-bond acceptors (Lipinski definition) is 4. The van der Waals surface area contributed by atoms with Gasteiger partial charge >= 0.3 is 0 Å². The van der Waals surface area contributed by atoms with Crippen LogP contribution in [0.1, 0.15) is 17.0 Å². The van der Waals surface area contributed by atoms with Crippen LogP contribution in [0.4, 0.5) is 0 Å². The van der Waals surface area contributed by atoms with E-state index >= 15 is 0 Å². The number of methoxy groups -OCH3 is 1. The van der Waals surface area contributed by atoms with Crippen molar-refractivity contribution in [2.24, 2.45) is 5.10 Å². The van der Waals surface area contributed by atoms with Gasteiger partial charge in [-0.05, 0) is 46.6 Å². The van der Waals surface area contributed by atoms with Crippen LogP contribution in [-0.4, -0.2) is 28.2 Å². The molecule has 0 aliphatic carbocycles. The number of aromatic nitrogens is 3. The minimum absolute atomic E-state index is 0.464. The van der Waals surface area contributed by atoms with E-state index in [1.54, 1.807) is 18.0 Å². The van der Waals surface area contributed by atoms with Crippen LogP contribution in [0, 0.1) is 4.77 Å². The van der Waals surface area contributed by atoms with Crippen molar-refractivity contribution in [2.45, 2.75) is 6.42 Å². The molecule has 1 aromatic heterocycles. The lowest BCUT2D eigenvalue weighted by Gasteiger charge is -2.04. The van der Waals surface area contributed by atoms with Crippen LogP contribution >= 0.6 is 12.2 Å². The summed E-state index contributed by atoms with van der Waals surface area (Å²) >= 11 is 5.34. The van der Waals surface area contributed by atoms with Gasteiger partial charge < -0.3 is 4.74 Å². The normalized spacial score (nSPS) is 11.1. The zero-order chi connectivity index (χ0) is 20.1. The molecule has 0 spiro atoms. The Morgan fingerprint density at radius 2 is 1.66 bits per heavy atom. The Kier molecular flexibility index (Phi) is 5.63. The molecule has 0 fully saturated rings. The van der Waals surface area contributed by atoms with Gasteiger partial charge in [0.2, 0.25) is 4.77 Å². The summed E-state index contributed by atoms with van der Waals surface area (Å²) in [6.07, 6.45) is 2.40. The maximum Gasteiger partial charge on any atom is 0.216 e. The van der Waals surface area contributed by atoms with Gasteiger partial charge in [0.1, 0.15) is 5.75 Å². The van der Waals surface area contributed by atoms with E-state index in [2.05, 4.69) is 39.6 Å². The number of benzene rings is 3. The number of ether oxygens (including phenoxy) is 1. The molecule has 0 atom stereocenters. The topological polar surface area (TPSA) is 55.2 Å². The highest BCUT2D eigenvalue weighted by Gasteiger charge is 2.07. The lowest BCUT2D eigenvalue weighted by molar-refractivity contribution is 0.414. The van der Waals surface area contributed by atoms with Crippen LogP contribution in [-0.2, 0) is 6.42 Å². The minimum atomic E-state index is 0.464. The van der Waals surface area contributed by atoms with E-state index in [1.807, 2.05) is 54.6 Å². The average Bonchev–Trinajstić information content (AvgIpc) is 3.13. The molecule has 0 amide bonds. The Morgan fingerprint density at radius 1 is 0.966 bits per heavy atom. The third-order valence-corrected chi connectivity index (χ3v) is 4.84. The number of nitrogens with zero attached hydrogens (tertiary/aromatic N) is 3. The molecule has 1 heterocycles. The van der Waals surface area contributed by atoms with Crippen molar-refractivity contribution in [2.75, 3.05) is 7.11 Å². The zero-order valence-electron chi connectivity index (χ0n) is 15.9. The zero-order valence-corrected chi connectivity index (χ0v) is 16.8. The van der Waals surface area contributed by atoms with Gasteiger partial charge in [-0.15, -0.1) is 0 Å². The van der Waals surface area contributed by atoms with E-state index in [0.29, 0.717) is 11.2 Å². The van der Waals surface area contributed by atoms with E-state index in [1.165, 1.54) is 11.1 Å². The van der Waals surface area contributed by atoms with Gasteiger partial charge in [-0.3, -0.25) is 5.10 Å². The third kappa shape index (κ3) is 4.50. The van der Waals surface area contributed by atoms with Crippen molar-refractivity contribution in [3.63, 3.8) is 0 Å². The second kappa shape index (κ2) is 8.67. The van der Waals surface area contributed by atoms with Crippen molar-refractivity contribution in [3.8, 4) is 16.9 Å². The number of rotatable bonds is 6. The fourth-order valence-corrected chi connectivity index (χ4v) is 3.20. The van der Waals surface area contributed by atoms with E-state index < -0.39 is 0 Å². The van der Waals surface area contributed by atoms with Gasteiger partial charge in [-0.25, -0.2) is 0 Å². The van der Waals surface area contributed by atoms with Crippen molar-refractivity contribution < 1.29 is 4.74 Å². The maximum absolute atomic E-state index is 5.34. The lowest BCUT2D eigenvalue weighted by Crippen LogP contribution is -2.00. The molecule has 5 nitrogen and oxygen atoms in total. The molecular formula is C23H20N4OS. The van der Waals surface area contributed by atoms with Crippen molar-refractivity contribution in [1.29, 1.82) is 0 Å². The molecule has 4 rings (SSSR count). The summed E-state index contributed by atoms with van der Waals surface area (Å²) < 4.78 is 7.33. The van der Waals surface area contributed by atoms with Crippen molar-refractivity contribution in [1.82, 2.24) is 14.9 Å². The van der Waals surface area contributed by atoms with Gasteiger partial charge in [0.25, 0.3) is 0 Å². The fourth-order valence-electron chi connectivity index (χ4n) is 3.00. The Labute approximate surface area is 174 Å². The molecule has 0 saturated carbocycles. The van der Waals surface area contributed by atoms with Crippen molar-refractivity contribution in [3.05, 3.63) is 101 Å². The van der Waals surface area contributed by atoms with Gasteiger partial charge in [0, 0.05) is 6.42 Å². The SMILES string of the molecule is COc1ccc(Cc2n[nH]c(=S)n2/N=C\c2ccc(-c3ccccc3)cc2)cc1. The van der Waals surface area contributed by atoms with Crippen LogP contribution in [0.15, 0.2) is 84.0 Å². The van der Waals surface area contributed by atoms with Gasteiger partial charge in [0.05, 0.1) is 13.3 Å². The van der Waals surface area contributed by atoms with E-state index in [-0.39, 0.29) is 0 Å². The van der Waals surface area contributed by atoms with Crippen LogP contribution in [0.25, 0.3) is 11.1 Å². The van der Waals surface area contributed by atoms with E-state index in [0.717, 1.165) is 22.7 Å². The summed E-state index contributed by atoms with van der Waals surface area (Å²) in [7, 11) is 1.65. The Hall–Kier alpha value is -3.51. The molecule has 0 aliphatic heterocycles. The van der Waals surface area contributed by atoms with E-state index in [9.17, 15) is 0 Å². The van der Waals surface area contributed by atoms with Crippen LogP contribution in [0.3, 0.4) is 0 Å². The highest BCUT2D eigenvalue weighted by molar-refractivity contribution is 7.71. The Balaban J connectivity index is 1.52. The number of hydrogen-bond donors (Lipinski definition) is 1. The minimum Gasteiger partial charge on any atom is -0.497 e. The average molecular weight is 401 g/mol. The second-order valence-electron chi connectivity index (χ2n) is 6.51. The number of aromatic amines is 1. The molecular weight excluding hydrogens is 380 g/mol. The fraction of sp³-hybridized carbons (Fsp3) is 0.0870. The first kappa shape index (κ1) is 18.8. The first-order valence-electron chi connectivity index (χ1n) is 9.22. The quantitative estimate of drug-likeness (QED) is 0.362. The molecule has 0 aliphatic rings. The first-order valence-corrected chi connectivity index (χ1v) is 9.63. The molecule has 4 aromatic rings. The number of nitrogens with one attached hydrogen (secondary N) is 1. The third-order valence-electron chi connectivity index (χ3n) is 4.58. The summed E-state index contributed by atoms with van der Waals surface area (Å²) in [5.41, 5.74) is 4.45. The van der Waals surface area contributed by atoms with Crippen LogP contribution < -0.4 is 4.74 Å². The molecule has 1 N–H and O–H groups in total. The Bertz CT molecular complexity index is 1160. The monoisotopic (exact) mass is 400 g/mol. The molecule has 0 radical (unpaired) electrons. The predicted octanol–water partition coefficient (Wildman–Crippen LogP) is 5.09. The highest BCUT2D eigenvalue weighted by atomic mass is 32.1. The molecule has 0 saturated heterocycles. The standard InChI is InChI=1S/C23H20N4OS/c1-28-21-13-9-17(10-14-21)15-22-25-26-23(29)27(22)24-16-18-7-11-20(12-8-18)19-5-3-2-4-6-19/h2-14,16H,15H2,1H3,(H,26,29)/b24-16-. The first-order chi connectivity index (χ1) is 14.2. The van der Waals surface area contributed by atoms with Crippen molar-refractivity contribution >= 4 is 18.4 Å². The number of H-pyrrole nitrogens is 1. The van der Waals surface area contributed by atoms with Gasteiger partial charge in [-0.2, -0.15) is 14.9 Å². The van der Waals surface area contributed by atoms with E-state index in [4.69, 9.17) is 17.0 Å². The molecule has 0 bridgehead atoms. The van der Waals surface area contributed by atoms with Gasteiger partial charge in [0.15, 0.2) is 5.82 Å². The highest BCUT2D eigenvalue weighted by Crippen LogP contribution is 2.19. The summed E-state index contributed by atoms with van der Waals surface area (Å²) in [5, 5.41) is 11.7. The largest absolute Gasteiger partial charge is 0.497 e. The summed E-state index contributed by atoms with van der Waals surface area (Å²) in [6.45, 7) is 0. The second-order valence-corrected chi connectivity index (χ2v) is 6.90. The van der Waals surface area contributed by atoms with Crippen LogP contribution in [0.2, 0.25) is 0 Å². The molecule has 29 heavy (non-hydrogen) atoms. The lowest BCUT2D eigenvalue weighted by atomic mass is 10.0. The summed E-state index contributed by atoms with van der Waals surface area (Å²) in [5.74, 6) is 1.57. The smallest absolute Gasteiger partial charge is 0.216 e. The Morgan fingerprint density at radius 3 is 2.34 bits per heavy atom. The molecule has 3 aromatic carbocycles. The maximum atomic E-state index is 5.34. The van der Waals surface area contributed by atoms with Crippen LogP contribution in [0.5, 0.6) is 5.75 Å². The summed E-state index contributed by atoms with van der Waals surface area (Å²) in [6, 6.07) is 26.4. The summed E-state index contributed by atoms with van der Waals surface area (Å²) in [4.78, 5) is 0. The molecule has 144 valence electrons. The molecule has 0 unspecified atom stereocenters.